The minimum absolute atomic E-state index is 0.112. The number of anilines is 1. The predicted octanol–water partition coefficient (Wildman–Crippen LogP) is 2.68. The van der Waals surface area contributed by atoms with E-state index in [9.17, 15) is 14.4 Å². The Labute approximate surface area is 153 Å². The summed E-state index contributed by atoms with van der Waals surface area (Å²) in [5.74, 6) is -2.81. The third-order valence-electron chi connectivity index (χ3n) is 3.88. The summed E-state index contributed by atoms with van der Waals surface area (Å²) in [5.41, 5.74) is 1.42. The molecule has 0 spiro atoms. The number of carbonyl (C=O) groups excluding carboxylic acids is 3. The van der Waals surface area contributed by atoms with Crippen LogP contribution in [0.5, 0.6) is 0 Å². The highest BCUT2D eigenvalue weighted by Crippen LogP contribution is 2.25. The molecule has 0 aliphatic carbocycles. The van der Waals surface area contributed by atoms with Gasteiger partial charge in [0.2, 0.25) is 11.8 Å². The monoisotopic (exact) mass is 434 g/mol. The molecular formula is C18H15IN2O3. The minimum atomic E-state index is -1.30. The van der Waals surface area contributed by atoms with Crippen molar-refractivity contribution in [3.63, 3.8) is 0 Å². The Morgan fingerprint density at radius 1 is 1.04 bits per heavy atom. The molecule has 0 aromatic heterocycles. The smallest absolute Gasteiger partial charge is 0.244 e. The Morgan fingerprint density at radius 3 is 2.33 bits per heavy atom. The fraction of sp³-hybridized carbons (Fsp3) is 0.167. The molecule has 0 radical (unpaired) electrons. The SMILES string of the molecule is O=C1CC(c2ccccc2)NC(=O)C1C(=O)Nc1ccc(I)cc1. The van der Waals surface area contributed by atoms with E-state index in [0.29, 0.717) is 5.69 Å². The average molecular weight is 434 g/mol. The molecular weight excluding hydrogens is 419 g/mol. The van der Waals surface area contributed by atoms with Crippen molar-refractivity contribution in [2.45, 2.75) is 12.5 Å². The molecule has 24 heavy (non-hydrogen) atoms. The van der Waals surface area contributed by atoms with Crippen LogP contribution in [0.3, 0.4) is 0 Å². The van der Waals surface area contributed by atoms with E-state index < -0.39 is 17.7 Å². The molecule has 0 saturated carbocycles. The standard InChI is InChI=1S/C18H15IN2O3/c19-12-6-8-13(9-7-12)20-17(23)16-15(22)10-14(21-18(16)24)11-4-2-1-3-5-11/h1-9,14,16H,10H2,(H,20,23)(H,21,24). The van der Waals surface area contributed by atoms with Crippen LogP contribution in [0, 0.1) is 9.49 Å². The van der Waals surface area contributed by atoms with Crippen molar-refractivity contribution in [2.75, 3.05) is 5.32 Å². The maximum absolute atomic E-state index is 12.4. The number of hydrogen-bond donors (Lipinski definition) is 2. The molecule has 1 saturated heterocycles. The van der Waals surface area contributed by atoms with Gasteiger partial charge in [-0.15, -0.1) is 0 Å². The molecule has 2 unspecified atom stereocenters. The Bertz CT molecular complexity index is 757. The van der Waals surface area contributed by atoms with Crippen molar-refractivity contribution in [3.05, 3.63) is 63.7 Å². The molecule has 1 aliphatic rings. The zero-order valence-corrected chi connectivity index (χ0v) is 14.8. The third-order valence-corrected chi connectivity index (χ3v) is 4.60. The van der Waals surface area contributed by atoms with Gasteiger partial charge in [0.05, 0.1) is 6.04 Å². The maximum Gasteiger partial charge on any atom is 0.244 e. The van der Waals surface area contributed by atoms with Crippen LogP contribution < -0.4 is 10.6 Å². The molecule has 2 amide bonds. The molecule has 122 valence electrons. The fourth-order valence-electron chi connectivity index (χ4n) is 2.67. The van der Waals surface area contributed by atoms with E-state index in [-0.39, 0.29) is 18.2 Å². The molecule has 1 aliphatic heterocycles. The number of rotatable bonds is 3. The topological polar surface area (TPSA) is 75.3 Å². The van der Waals surface area contributed by atoms with Gasteiger partial charge in [-0.25, -0.2) is 0 Å². The van der Waals surface area contributed by atoms with Gasteiger partial charge in [0, 0.05) is 15.7 Å². The van der Waals surface area contributed by atoms with E-state index in [2.05, 4.69) is 33.2 Å². The summed E-state index contributed by atoms with van der Waals surface area (Å²) in [7, 11) is 0. The second-order valence-electron chi connectivity index (χ2n) is 5.57. The quantitative estimate of drug-likeness (QED) is 0.577. The highest BCUT2D eigenvalue weighted by atomic mass is 127. The molecule has 5 nitrogen and oxygen atoms in total. The van der Waals surface area contributed by atoms with Crippen LogP contribution in [-0.2, 0) is 14.4 Å². The van der Waals surface area contributed by atoms with Crippen molar-refractivity contribution in [1.29, 1.82) is 0 Å². The lowest BCUT2D eigenvalue weighted by Gasteiger charge is -2.27. The number of Topliss-reactive ketones (excluding diaryl/α,β-unsaturated/α-hetero) is 1. The summed E-state index contributed by atoms with van der Waals surface area (Å²) < 4.78 is 1.03. The molecule has 3 rings (SSSR count). The van der Waals surface area contributed by atoms with Crippen molar-refractivity contribution in [3.8, 4) is 0 Å². The molecule has 0 bridgehead atoms. The lowest BCUT2D eigenvalue weighted by Crippen LogP contribution is -2.49. The van der Waals surface area contributed by atoms with Gasteiger partial charge in [-0.05, 0) is 52.4 Å². The van der Waals surface area contributed by atoms with Gasteiger partial charge >= 0.3 is 0 Å². The minimum Gasteiger partial charge on any atom is -0.348 e. The van der Waals surface area contributed by atoms with Gasteiger partial charge in [0.1, 0.15) is 0 Å². The first-order valence-corrected chi connectivity index (χ1v) is 8.57. The summed E-state index contributed by atoms with van der Waals surface area (Å²) >= 11 is 2.16. The van der Waals surface area contributed by atoms with Crippen LogP contribution in [0.25, 0.3) is 0 Å². The lowest BCUT2D eigenvalue weighted by atomic mass is 9.88. The first kappa shape index (κ1) is 16.6. The molecule has 1 heterocycles. The molecule has 2 aromatic rings. The van der Waals surface area contributed by atoms with Crippen molar-refractivity contribution in [1.82, 2.24) is 5.32 Å². The molecule has 1 fully saturated rings. The van der Waals surface area contributed by atoms with Crippen LogP contribution in [0.1, 0.15) is 18.0 Å². The zero-order valence-electron chi connectivity index (χ0n) is 12.7. The van der Waals surface area contributed by atoms with Crippen LogP contribution in [-0.4, -0.2) is 17.6 Å². The molecule has 2 atom stereocenters. The van der Waals surface area contributed by atoms with E-state index in [1.165, 1.54) is 0 Å². The Kier molecular flexibility index (Phi) is 4.94. The van der Waals surface area contributed by atoms with Gasteiger partial charge in [-0.2, -0.15) is 0 Å². The van der Waals surface area contributed by atoms with Crippen LogP contribution in [0.4, 0.5) is 5.69 Å². The number of halogens is 1. The molecule has 2 aromatic carbocycles. The number of carbonyl (C=O) groups is 3. The maximum atomic E-state index is 12.4. The highest BCUT2D eigenvalue weighted by Gasteiger charge is 2.40. The second-order valence-corrected chi connectivity index (χ2v) is 6.82. The van der Waals surface area contributed by atoms with Crippen LogP contribution in [0.15, 0.2) is 54.6 Å². The third kappa shape index (κ3) is 3.64. The number of ketones is 1. The zero-order chi connectivity index (χ0) is 17.1. The Morgan fingerprint density at radius 2 is 1.71 bits per heavy atom. The van der Waals surface area contributed by atoms with Gasteiger partial charge in [-0.1, -0.05) is 30.3 Å². The van der Waals surface area contributed by atoms with Gasteiger partial charge in [0.25, 0.3) is 0 Å². The Balaban J connectivity index is 1.71. The van der Waals surface area contributed by atoms with E-state index in [4.69, 9.17) is 0 Å². The molecule has 6 heteroatoms. The first-order valence-electron chi connectivity index (χ1n) is 7.49. The van der Waals surface area contributed by atoms with Gasteiger partial charge in [-0.3, -0.25) is 14.4 Å². The fourth-order valence-corrected chi connectivity index (χ4v) is 3.03. The highest BCUT2D eigenvalue weighted by molar-refractivity contribution is 14.1. The summed E-state index contributed by atoms with van der Waals surface area (Å²) in [4.78, 5) is 37.0. The number of benzene rings is 2. The summed E-state index contributed by atoms with van der Waals surface area (Å²) in [6, 6.07) is 16.0. The van der Waals surface area contributed by atoms with Gasteiger partial charge < -0.3 is 10.6 Å². The van der Waals surface area contributed by atoms with Crippen LogP contribution in [0.2, 0.25) is 0 Å². The van der Waals surface area contributed by atoms with Crippen molar-refractivity contribution < 1.29 is 14.4 Å². The van der Waals surface area contributed by atoms with E-state index >= 15 is 0 Å². The molecule has 2 N–H and O–H groups in total. The van der Waals surface area contributed by atoms with E-state index in [1.54, 1.807) is 12.1 Å². The first-order chi connectivity index (χ1) is 11.5. The number of hydrogen-bond acceptors (Lipinski definition) is 3. The number of nitrogens with one attached hydrogen (secondary N) is 2. The van der Waals surface area contributed by atoms with Gasteiger partial charge in [0.15, 0.2) is 11.7 Å². The largest absolute Gasteiger partial charge is 0.348 e. The van der Waals surface area contributed by atoms with Crippen molar-refractivity contribution in [2.24, 2.45) is 5.92 Å². The van der Waals surface area contributed by atoms with Crippen LogP contribution >= 0.6 is 22.6 Å². The van der Waals surface area contributed by atoms with E-state index in [0.717, 1.165) is 9.13 Å². The summed E-state index contributed by atoms with van der Waals surface area (Å²) in [5, 5.41) is 5.40. The average Bonchev–Trinajstić information content (AvgIpc) is 2.57. The summed E-state index contributed by atoms with van der Waals surface area (Å²) in [6.45, 7) is 0. The lowest BCUT2D eigenvalue weighted by molar-refractivity contribution is -0.143. The summed E-state index contributed by atoms with van der Waals surface area (Å²) in [6.07, 6.45) is 0.112. The normalized spacial score (nSPS) is 20.4. The second kappa shape index (κ2) is 7.12. The number of amides is 2. The number of piperidine rings is 1. The Hall–Kier alpha value is -2.22. The predicted molar refractivity (Wildman–Crippen MR) is 98.2 cm³/mol. The van der Waals surface area contributed by atoms with Crippen molar-refractivity contribution >= 4 is 45.9 Å². The van der Waals surface area contributed by atoms with E-state index in [1.807, 2.05) is 42.5 Å².